The number of esters is 1. The Bertz CT molecular complexity index is 1190. The van der Waals surface area contributed by atoms with Gasteiger partial charge in [0.25, 0.3) is 5.88 Å². The lowest BCUT2D eigenvalue weighted by Gasteiger charge is -2.07. The number of nitrogens with zero attached hydrogens (tertiary/aromatic N) is 3. The van der Waals surface area contributed by atoms with E-state index in [2.05, 4.69) is 15.0 Å². The summed E-state index contributed by atoms with van der Waals surface area (Å²) in [5, 5.41) is 1.42. The van der Waals surface area contributed by atoms with Crippen molar-refractivity contribution in [1.82, 2.24) is 15.0 Å². The summed E-state index contributed by atoms with van der Waals surface area (Å²) in [6, 6.07) is 10.2. The van der Waals surface area contributed by atoms with E-state index in [-0.39, 0.29) is 11.6 Å². The molecule has 0 saturated carbocycles. The average Bonchev–Trinajstić information content (AvgIpc) is 3.10. The molecule has 0 unspecified atom stereocenters. The van der Waals surface area contributed by atoms with Crippen LogP contribution >= 0.6 is 11.3 Å². The van der Waals surface area contributed by atoms with Crippen LogP contribution < -0.4 is 4.74 Å². The largest absolute Gasteiger partial charge is 0.464 e. The molecule has 0 amide bonds. The molecule has 0 atom stereocenters. The predicted octanol–water partition coefficient (Wildman–Crippen LogP) is 4.78. The Morgan fingerprint density at radius 3 is 2.82 bits per heavy atom. The Morgan fingerprint density at radius 2 is 2.04 bits per heavy atom. The molecule has 1 aromatic carbocycles. The van der Waals surface area contributed by atoms with Crippen LogP contribution in [0.2, 0.25) is 0 Å². The summed E-state index contributed by atoms with van der Waals surface area (Å²) in [7, 11) is 1.30. The Hall–Kier alpha value is -3.39. The molecule has 0 radical (unpaired) electrons. The van der Waals surface area contributed by atoms with E-state index in [1.807, 2.05) is 18.2 Å². The van der Waals surface area contributed by atoms with Crippen molar-refractivity contribution in [2.24, 2.45) is 0 Å². The van der Waals surface area contributed by atoms with Crippen LogP contribution in [0.1, 0.15) is 16.2 Å². The fourth-order valence-corrected chi connectivity index (χ4v) is 3.62. The van der Waals surface area contributed by atoms with Crippen LogP contribution in [-0.2, 0) is 4.74 Å². The number of methoxy groups -OCH3 is 1. The fraction of sp³-hybridized carbons (Fsp3) is 0.100. The molecular formula is C20H14FN3O3S. The molecule has 4 rings (SSSR count). The zero-order valence-electron chi connectivity index (χ0n) is 15.0. The van der Waals surface area contributed by atoms with E-state index in [1.165, 1.54) is 43.0 Å². The molecule has 3 heterocycles. The van der Waals surface area contributed by atoms with Crippen molar-refractivity contribution in [3.8, 4) is 22.2 Å². The second-order valence-corrected chi connectivity index (χ2v) is 6.96. The van der Waals surface area contributed by atoms with Crippen LogP contribution in [0.15, 0.2) is 48.8 Å². The summed E-state index contributed by atoms with van der Waals surface area (Å²) in [4.78, 5) is 24.6. The maximum atomic E-state index is 13.8. The zero-order chi connectivity index (χ0) is 19.7. The van der Waals surface area contributed by atoms with Crippen molar-refractivity contribution in [3.05, 3.63) is 66.0 Å². The summed E-state index contributed by atoms with van der Waals surface area (Å²) in [5.74, 6) is -1.16. The van der Waals surface area contributed by atoms with Crippen molar-refractivity contribution in [2.75, 3.05) is 7.11 Å². The van der Waals surface area contributed by atoms with Gasteiger partial charge in [-0.25, -0.2) is 24.1 Å². The minimum atomic E-state index is -0.552. The number of benzene rings is 1. The van der Waals surface area contributed by atoms with Crippen molar-refractivity contribution in [2.45, 2.75) is 6.92 Å². The van der Waals surface area contributed by atoms with E-state index in [9.17, 15) is 9.18 Å². The molecule has 0 aliphatic rings. The first kappa shape index (κ1) is 18.0. The van der Waals surface area contributed by atoms with Crippen LogP contribution in [-0.4, -0.2) is 28.0 Å². The first-order chi connectivity index (χ1) is 13.5. The zero-order valence-corrected chi connectivity index (χ0v) is 15.8. The molecule has 140 valence electrons. The first-order valence-corrected chi connectivity index (χ1v) is 9.11. The van der Waals surface area contributed by atoms with Gasteiger partial charge < -0.3 is 9.47 Å². The highest BCUT2D eigenvalue weighted by atomic mass is 32.1. The third kappa shape index (κ3) is 3.41. The van der Waals surface area contributed by atoms with Crippen LogP contribution in [0.5, 0.6) is 10.9 Å². The van der Waals surface area contributed by atoms with E-state index in [4.69, 9.17) is 9.47 Å². The van der Waals surface area contributed by atoms with E-state index >= 15 is 0 Å². The second-order valence-electron chi connectivity index (χ2n) is 5.91. The van der Waals surface area contributed by atoms with Gasteiger partial charge in [0, 0.05) is 28.7 Å². The van der Waals surface area contributed by atoms with E-state index < -0.39 is 11.8 Å². The number of hydrogen-bond donors (Lipinski definition) is 0. The second kappa shape index (κ2) is 7.32. The smallest absolute Gasteiger partial charge is 0.358 e. The van der Waals surface area contributed by atoms with Crippen LogP contribution in [0, 0.1) is 12.7 Å². The number of hydrogen-bond acceptors (Lipinski definition) is 7. The highest BCUT2D eigenvalue weighted by Gasteiger charge is 2.18. The lowest BCUT2D eigenvalue weighted by Crippen LogP contribution is -2.08. The normalized spacial score (nSPS) is 10.8. The number of carbonyl (C=O) groups excluding carboxylic acids is 1. The van der Waals surface area contributed by atoms with E-state index in [1.54, 1.807) is 13.0 Å². The summed E-state index contributed by atoms with van der Waals surface area (Å²) < 4.78 is 25.0. The van der Waals surface area contributed by atoms with Gasteiger partial charge in [-0.2, -0.15) is 0 Å². The van der Waals surface area contributed by atoms with Gasteiger partial charge in [0.05, 0.1) is 12.8 Å². The van der Waals surface area contributed by atoms with Gasteiger partial charge >= 0.3 is 5.97 Å². The Morgan fingerprint density at radius 1 is 1.18 bits per heavy atom. The quantitative estimate of drug-likeness (QED) is 0.463. The molecule has 0 aliphatic carbocycles. The number of fused-ring (bicyclic) bond motifs is 1. The molecule has 4 aromatic rings. The first-order valence-electron chi connectivity index (χ1n) is 8.29. The van der Waals surface area contributed by atoms with Crippen LogP contribution in [0.3, 0.4) is 0 Å². The summed E-state index contributed by atoms with van der Waals surface area (Å²) in [6.45, 7) is 1.80. The third-order valence-corrected chi connectivity index (χ3v) is 4.94. The minimum absolute atomic E-state index is 0.0770. The van der Waals surface area contributed by atoms with E-state index in [0.717, 1.165) is 15.6 Å². The third-order valence-electron chi connectivity index (χ3n) is 3.96. The molecule has 0 aliphatic heterocycles. The highest BCUT2D eigenvalue weighted by Crippen LogP contribution is 2.37. The van der Waals surface area contributed by atoms with Crippen molar-refractivity contribution in [3.63, 3.8) is 0 Å². The van der Waals surface area contributed by atoms with Crippen molar-refractivity contribution >= 4 is 27.4 Å². The average molecular weight is 395 g/mol. The molecule has 3 aromatic heterocycles. The Balaban J connectivity index is 1.74. The maximum Gasteiger partial charge on any atom is 0.358 e. The number of ether oxygens (including phenoxy) is 2. The number of pyridine rings is 1. The van der Waals surface area contributed by atoms with Gasteiger partial charge in [-0.1, -0.05) is 23.5 Å². The van der Waals surface area contributed by atoms with Crippen molar-refractivity contribution in [1.29, 1.82) is 0 Å². The van der Waals surface area contributed by atoms with Gasteiger partial charge in [0.2, 0.25) is 0 Å². The van der Waals surface area contributed by atoms with Crippen LogP contribution in [0.4, 0.5) is 4.39 Å². The monoisotopic (exact) mass is 395 g/mol. The van der Waals surface area contributed by atoms with E-state index in [0.29, 0.717) is 16.5 Å². The Labute approximate surface area is 163 Å². The maximum absolute atomic E-state index is 13.8. The number of halogens is 1. The van der Waals surface area contributed by atoms with Crippen molar-refractivity contribution < 1.29 is 18.7 Å². The fourth-order valence-electron chi connectivity index (χ4n) is 2.67. The molecule has 6 nitrogen and oxygen atoms in total. The highest BCUT2D eigenvalue weighted by molar-refractivity contribution is 7.20. The molecule has 0 saturated heterocycles. The molecule has 0 fully saturated rings. The molecule has 28 heavy (non-hydrogen) atoms. The number of rotatable bonds is 4. The summed E-state index contributed by atoms with van der Waals surface area (Å²) in [5.41, 5.74) is 2.00. The SMILES string of the molecule is COC(=O)c1ncc(C)nc1-c1ccc2cc(Oc3ncccc3F)sc2c1. The molecule has 0 spiro atoms. The summed E-state index contributed by atoms with van der Waals surface area (Å²) in [6.07, 6.45) is 2.99. The van der Waals surface area contributed by atoms with Gasteiger partial charge in [-0.05, 0) is 30.5 Å². The molecule has 0 N–H and O–H groups in total. The molecule has 8 heteroatoms. The number of aromatic nitrogens is 3. The molecular weight excluding hydrogens is 381 g/mol. The van der Waals surface area contributed by atoms with Gasteiger partial charge in [0.15, 0.2) is 16.6 Å². The van der Waals surface area contributed by atoms with Gasteiger partial charge in [0.1, 0.15) is 5.69 Å². The lowest BCUT2D eigenvalue weighted by molar-refractivity contribution is 0.0594. The minimum Gasteiger partial charge on any atom is -0.464 e. The predicted molar refractivity (Wildman–Crippen MR) is 103 cm³/mol. The standard InChI is InChI=1S/C20H14FN3O3S/c1-11-10-23-18(20(25)26-2)17(24-11)13-6-5-12-9-16(28-15(12)8-13)27-19-14(21)4-3-7-22-19/h3-10H,1-2H3. The number of aryl methyl sites for hydroxylation is 1. The van der Waals surface area contributed by atoms with Gasteiger partial charge in [-0.3, -0.25) is 0 Å². The lowest BCUT2D eigenvalue weighted by atomic mass is 10.1. The van der Waals surface area contributed by atoms with Gasteiger partial charge in [-0.15, -0.1) is 0 Å². The summed E-state index contributed by atoms with van der Waals surface area (Å²) >= 11 is 1.34. The number of thiophene rings is 1. The Kier molecular flexibility index (Phi) is 4.70. The van der Waals surface area contributed by atoms with Crippen LogP contribution in [0.25, 0.3) is 21.3 Å². The topological polar surface area (TPSA) is 74.2 Å². The molecule has 0 bridgehead atoms. The number of carbonyl (C=O) groups is 1.